The highest BCUT2D eigenvalue weighted by molar-refractivity contribution is 7.89. The molecule has 12 heteroatoms. The van der Waals surface area contributed by atoms with Crippen molar-refractivity contribution in [1.82, 2.24) is 19.3 Å². The van der Waals surface area contributed by atoms with Crippen molar-refractivity contribution in [3.63, 3.8) is 0 Å². The van der Waals surface area contributed by atoms with Crippen LogP contribution >= 0.6 is 0 Å². The molecule has 0 amide bonds. The predicted molar refractivity (Wildman–Crippen MR) is 111 cm³/mol. The third-order valence-corrected chi connectivity index (χ3v) is 6.87. The van der Waals surface area contributed by atoms with E-state index in [-0.39, 0.29) is 41.8 Å². The minimum Gasteiger partial charge on any atom is -0.355 e. The number of sulfonamides is 1. The first-order valence-corrected chi connectivity index (χ1v) is 11.2. The van der Waals surface area contributed by atoms with Gasteiger partial charge in [-0.25, -0.2) is 13.1 Å². The van der Waals surface area contributed by atoms with Crippen LogP contribution in [-0.2, 0) is 21.3 Å². The summed E-state index contributed by atoms with van der Waals surface area (Å²) in [7, 11) is -4.03. The Morgan fingerprint density at radius 2 is 1.88 bits per heavy atom. The van der Waals surface area contributed by atoms with Crippen LogP contribution in [0.3, 0.4) is 0 Å². The number of hydrogen-bond donors (Lipinski definition) is 0. The van der Waals surface area contributed by atoms with Gasteiger partial charge in [-0.2, -0.15) is 4.31 Å². The molecule has 1 aromatic heterocycles. The summed E-state index contributed by atoms with van der Waals surface area (Å²) in [5, 5.41) is 18.9. The molecule has 32 heavy (non-hydrogen) atoms. The molecule has 1 aliphatic heterocycles. The Balaban J connectivity index is 1.72. The maximum Gasteiger partial charge on any atom is 0.269 e. The Bertz CT molecular complexity index is 1260. The number of benzene rings is 2. The lowest BCUT2D eigenvalue weighted by Gasteiger charge is -2.32. The van der Waals surface area contributed by atoms with E-state index in [9.17, 15) is 23.3 Å². The highest BCUT2D eigenvalue weighted by Gasteiger charge is 2.37. The molecule has 0 radical (unpaired) electrons. The number of carbonyl (C=O) groups is 1. The van der Waals surface area contributed by atoms with Gasteiger partial charge < -0.3 is 4.74 Å². The van der Waals surface area contributed by atoms with E-state index in [0.717, 1.165) is 16.4 Å². The Labute approximate surface area is 183 Å². The van der Waals surface area contributed by atoms with Crippen LogP contribution in [0, 0.1) is 10.1 Å². The molecule has 0 N–H and O–H groups in total. The zero-order valence-electron chi connectivity index (χ0n) is 17.0. The van der Waals surface area contributed by atoms with Gasteiger partial charge in [0.15, 0.2) is 11.9 Å². The van der Waals surface area contributed by atoms with Gasteiger partial charge in [-0.15, -0.1) is 5.10 Å². The summed E-state index contributed by atoms with van der Waals surface area (Å²) in [6.45, 7) is 1.85. The lowest BCUT2D eigenvalue weighted by molar-refractivity contribution is -0.384. The molecular weight excluding hydrogens is 438 g/mol. The average Bonchev–Trinajstić information content (AvgIpc) is 3.24. The number of carbonyl (C=O) groups excluding carboxylic acids is 1. The number of ether oxygens (including phenoxy) is 1. The third kappa shape index (κ3) is 3.90. The monoisotopic (exact) mass is 457 g/mol. The molecule has 0 aliphatic carbocycles. The zero-order chi connectivity index (χ0) is 22.9. The van der Waals surface area contributed by atoms with Crippen LogP contribution < -0.4 is 0 Å². The number of aromatic nitrogens is 3. The number of ketones is 1. The van der Waals surface area contributed by atoms with Gasteiger partial charge in [0.05, 0.1) is 28.6 Å². The first kappa shape index (κ1) is 21.7. The first-order valence-electron chi connectivity index (χ1n) is 9.73. The SMILES string of the molecule is CCOC1CN(S(=O)(=O)c2ccc([N+](=O)[O-])cc2)Cc2c(C(=O)c3ccccc3)nnn21. The molecule has 2 aromatic carbocycles. The standard InChI is InChI=1S/C20H19N5O6S/c1-2-31-18-13-23(32(29,30)16-10-8-15(9-11-16)25(27)28)12-17-19(21-22-24(17)18)20(26)14-6-4-3-5-7-14/h3-11,18H,2,12-13H2,1H3. The van der Waals surface area contributed by atoms with Crippen molar-refractivity contribution in [2.45, 2.75) is 24.6 Å². The van der Waals surface area contributed by atoms with Gasteiger partial charge >= 0.3 is 0 Å². The normalized spacial score (nSPS) is 16.5. The van der Waals surface area contributed by atoms with E-state index >= 15 is 0 Å². The fourth-order valence-corrected chi connectivity index (χ4v) is 4.86. The summed E-state index contributed by atoms with van der Waals surface area (Å²) in [6.07, 6.45) is -0.776. The molecule has 4 rings (SSSR count). The zero-order valence-corrected chi connectivity index (χ0v) is 17.8. The van der Waals surface area contributed by atoms with Gasteiger partial charge in [-0.05, 0) is 19.1 Å². The third-order valence-electron chi connectivity index (χ3n) is 5.05. The summed E-state index contributed by atoms with van der Waals surface area (Å²) in [5.74, 6) is -0.378. The van der Waals surface area contributed by atoms with Crippen molar-refractivity contribution in [2.75, 3.05) is 13.2 Å². The summed E-state index contributed by atoms with van der Waals surface area (Å²) in [5.41, 5.74) is 0.547. The molecular formula is C20H19N5O6S. The van der Waals surface area contributed by atoms with E-state index in [1.54, 1.807) is 37.3 Å². The van der Waals surface area contributed by atoms with E-state index < -0.39 is 21.2 Å². The number of nitro groups is 1. The average molecular weight is 457 g/mol. The molecule has 11 nitrogen and oxygen atoms in total. The predicted octanol–water partition coefficient (Wildman–Crippen LogP) is 2.16. The van der Waals surface area contributed by atoms with Crippen LogP contribution in [0.5, 0.6) is 0 Å². The van der Waals surface area contributed by atoms with Crippen molar-refractivity contribution in [2.24, 2.45) is 0 Å². The quantitative estimate of drug-likeness (QED) is 0.299. The highest BCUT2D eigenvalue weighted by Crippen LogP contribution is 2.29. The van der Waals surface area contributed by atoms with Crippen LogP contribution in [0.15, 0.2) is 59.5 Å². The number of nitrogens with zero attached hydrogens (tertiary/aromatic N) is 5. The van der Waals surface area contributed by atoms with Crippen LogP contribution in [-0.4, -0.2) is 51.6 Å². The van der Waals surface area contributed by atoms with Crippen molar-refractivity contribution in [3.8, 4) is 0 Å². The summed E-state index contributed by atoms with van der Waals surface area (Å²) in [6, 6.07) is 13.1. The van der Waals surface area contributed by atoms with E-state index in [0.29, 0.717) is 11.3 Å². The molecule has 0 spiro atoms. The number of nitro benzene ring substituents is 1. The Morgan fingerprint density at radius 1 is 1.19 bits per heavy atom. The Morgan fingerprint density at radius 3 is 2.50 bits per heavy atom. The second-order valence-electron chi connectivity index (χ2n) is 6.98. The van der Waals surface area contributed by atoms with Gasteiger partial charge in [0.1, 0.15) is 0 Å². The van der Waals surface area contributed by atoms with E-state index in [1.807, 2.05) is 0 Å². The molecule has 2 heterocycles. The highest BCUT2D eigenvalue weighted by atomic mass is 32.2. The maximum absolute atomic E-state index is 13.3. The molecule has 1 unspecified atom stereocenters. The number of hydrogen-bond acceptors (Lipinski definition) is 8. The topological polar surface area (TPSA) is 138 Å². The van der Waals surface area contributed by atoms with Gasteiger partial charge in [0.2, 0.25) is 15.8 Å². The molecule has 0 saturated heterocycles. The second-order valence-corrected chi connectivity index (χ2v) is 8.92. The van der Waals surface area contributed by atoms with Crippen molar-refractivity contribution in [1.29, 1.82) is 0 Å². The molecule has 3 aromatic rings. The van der Waals surface area contributed by atoms with Crippen molar-refractivity contribution in [3.05, 3.63) is 81.7 Å². The van der Waals surface area contributed by atoms with E-state index in [2.05, 4.69) is 10.3 Å². The van der Waals surface area contributed by atoms with Crippen LogP contribution in [0.25, 0.3) is 0 Å². The van der Waals surface area contributed by atoms with E-state index in [4.69, 9.17) is 4.74 Å². The van der Waals surface area contributed by atoms with Gasteiger partial charge in [-0.1, -0.05) is 35.5 Å². The molecule has 0 saturated carbocycles. The number of non-ortho nitro benzene ring substituents is 1. The van der Waals surface area contributed by atoms with Crippen LogP contribution in [0.2, 0.25) is 0 Å². The lowest BCUT2D eigenvalue weighted by Crippen LogP contribution is -2.42. The minimum absolute atomic E-state index is 0.0458. The molecule has 1 atom stereocenters. The maximum atomic E-state index is 13.3. The van der Waals surface area contributed by atoms with Gasteiger partial charge in [0, 0.05) is 24.3 Å². The Hall–Kier alpha value is -3.48. The Kier molecular flexibility index (Phi) is 5.82. The van der Waals surface area contributed by atoms with Crippen LogP contribution in [0.4, 0.5) is 5.69 Å². The second kappa shape index (κ2) is 8.57. The molecule has 0 fully saturated rings. The summed E-state index contributed by atoms with van der Waals surface area (Å²) < 4.78 is 34.8. The van der Waals surface area contributed by atoms with Crippen molar-refractivity contribution < 1.29 is 22.9 Å². The van der Waals surface area contributed by atoms with Crippen LogP contribution in [0.1, 0.15) is 34.9 Å². The number of fused-ring (bicyclic) bond motifs is 1. The molecule has 1 aliphatic rings. The minimum atomic E-state index is -4.03. The lowest BCUT2D eigenvalue weighted by atomic mass is 10.1. The van der Waals surface area contributed by atoms with E-state index in [1.165, 1.54) is 16.8 Å². The molecule has 0 bridgehead atoms. The fraction of sp³-hybridized carbons (Fsp3) is 0.250. The van der Waals surface area contributed by atoms with Gasteiger partial charge in [0.25, 0.3) is 5.69 Å². The summed E-state index contributed by atoms with van der Waals surface area (Å²) >= 11 is 0. The molecule has 166 valence electrons. The first-order chi connectivity index (χ1) is 15.3. The number of rotatable bonds is 7. The largest absolute Gasteiger partial charge is 0.355 e. The smallest absolute Gasteiger partial charge is 0.269 e. The van der Waals surface area contributed by atoms with Crippen molar-refractivity contribution >= 4 is 21.5 Å². The fourth-order valence-electron chi connectivity index (χ4n) is 3.47. The van der Waals surface area contributed by atoms with Gasteiger partial charge in [-0.3, -0.25) is 14.9 Å². The summed E-state index contributed by atoms with van der Waals surface area (Å²) in [4.78, 5) is 23.2.